The Morgan fingerprint density at radius 2 is 1.96 bits per heavy atom. The van der Waals surface area contributed by atoms with Gasteiger partial charge >= 0.3 is 0 Å². The summed E-state index contributed by atoms with van der Waals surface area (Å²) in [7, 11) is 3.76. The van der Waals surface area contributed by atoms with Crippen LogP contribution >= 0.6 is 0 Å². The molecular weight excluding hydrogens is 310 g/mol. The van der Waals surface area contributed by atoms with Crippen molar-refractivity contribution in [3.05, 3.63) is 35.9 Å². The van der Waals surface area contributed by atoms with Crippen LogP contribution in [0, 0.1) is 0 Å². The van der Waals surface area contributed by atoms with Gasteiger partial charge in [-0.2, -0.15) is 4.98 Å². The number of ether oxygens (including phenoxy) is 2. The van der Waals surface area contributed by atoms with E-state index in [9.17, 15) is 5.11 Å². The number of oxazole rings is 1. The van der Waals surface area contributed by atoms with Gasteiger partial charge in [-0.15, -0.1) is 0 Å². The van der Waals surface area contributed by atoms with E-state index in [0.29, 0.717) is 29.6 Å². The fourth-order valence-corrected chi connectivity index (χ4v) is 2.53. The third-order valence-corrected chi connectivity index (χ3v) is 3.82. The van der Waals surface area contributed by atoms with Gasteiger partial charge in [-0.05, 0) is 18.2 Å². The molecule has 2 heterocycles. The number of aromatic hydroxyl groups is 1. The Morgan fingerprint density at radius 1 is 1.17 bits per heavy atom. The van der Waals surface area contributed by atoms with E-state index in [-0.39, 0.29) is 12.5 Å². The van der Waals surface area contributed by atoms with Crippen LogP contribution in [0.4, 0.5) is 11.7 Å². The molecule has 4 rings (SSSR count). The maximum Gasteiger partial charge on any atom is 0.297 e. The summed E-state index contributed by atoms with van der Waals surface area (Å²) in [6.45, 7) is 0.630. The molecule has 0 atom stereocenters. The van der Waals surface area contributed by atoms with E-state index in [4.69, 9.17) is 13.9 Å². The van der Waals surface area contributed by atoms with Gasteiger partial charge in [0.15, 0.2) is 17.1 Å². The number of phenolic OH excluding ortho intramolecular Hbond substituents is 1. The molecule has 0 bridgehead atoms. The Balaban J connectivity index is 1.54. The molecule has 1 aliphatic rings. The van der Waals surface area contributed by atoms with E-state index in [1.165, 1.54) is 0 Å². The number of nitrogens with zero attached hydrogens (tertiary/aromatic N) is 2. The number of benzene rings is 2. The van der Waals surface area contributed by atoms with Crippen LogP contribution in [0.1, 0.15) is 5.56 Å². The smallest absolute Gasteiger partial charge is 0.297 e. The Morgan fingerprint density at radius 3 is 2.75 bits per heavy atom. The van der Waals surface area contributed by atoms with Crippen molar-refractivity contribution in [1.29, 1.82) is 0 Å². The highest BCUT2D eigenvalue weighted by Crippen LogP contribution is 2.37. The van der Waals surface area contributed by atoms with Gasteiger partial charge in [0, 0.05) is 44.0 Å². The lowest BCUT2D eigenvalue weighted by Crippen LogP contribution is -2.08. The third kappa shape index (κ3) is 2.54. The number of aromatic nitrogens is 1. The third-order valence-electron chi connectivity index (χ3n) is 3.82. The fourth-order valence-electron chi connectivity index (χ4n) is 2.53. The molecule has 0 unspecified atom stereocenters. The van der Waals surface area contributed by atoms with Crippen molar-refractivity contribution in [3.8, 4) is 17.2 Å². The molecule has 2 aromatic carbocycles. The monoisotopic (exact) mass is 327 g/mol. The molecule has 0 amide bonds. The van der Waals surface area contributed by atoms with Crippen molar-refractivity contribution in [3.63, 3.8) is 0 Å². The van der Waals surface area contributed by atoms with Crippen LogP contribution in [0.3, 0.4) is 0 Å². The van der Waals surface area contributed by atoms with Gasteiger partial charge in [0.25, 0.3) is 6.01 Å². The summed E-state index contributed by atoms with van der Waals surface area (Å²) in [6, 6.07) is 9.63. The Bertz CT molecular complexity index is 904. The first-order valence-corrected chi connectivity index (χ1v) is 7.53. The second-order valence-corrected chi connectivity index (χ2v) is 5.76. The second-order valence-electron chi connectivity index (χ2n) is 5.76. The number of hydrogen-bond donors (Lipinski definition) is 2. The minimum Gasteiger partial charge on any atom is -0.507 e. The van der Waals surface area contributed by atoms with Crippen molar-refractivity contribution in [2.24, 2.45) is 0 Å². The normalized spacial score (nSPS) is 12.6. The zero-order valence-corrected chi connectivity index (χ0v) is 13.4. The van der Waals surface area contributed by atoms with E-state index < -0.39 is 0 Å². The van der Waals surface area contributed by atoms with Crippen LogP contribution in [-0.4, -0.2) is 31.0 Å². The molecule has 0 fully saturated rings. The number of rotatable bonds is 4. The first-order valence-electron chi connectivity index (χ1n) is 7.53. The van der Waals surface area contributed by atoms with Crippen LogP contribution in [0.5, 0.6) is 17.2 Å². The van der Waals surface area contributed by atoms with E-state index in [1.807, 2.05) is 37.2 Å². The first kappa shape index (κ1) is 14.5. The average molecular weight is 327 g/mol. The lowest BCUT2D eigenvalue weighted by molar-refractivity contribution is 0.174. The van der Waals surface area contributed by atoms with E-state index >= 15 is 0 Å². The maximum atomic E-state index is 10.1. The van der Waals surface area contributed by atoms with Gasteiger partial charge in [-0.3, -0.25) is 0 Å². The summed E-state index contributed by atoms with van der Waals surface area (Å²) in [4.78, 5) is 6.20. The van der Waals surface area contributed by atoms with Crippen molar-refractivity contribution < 1.29 is 19.0 Å². The van der Waals surface area contributed by atoms with Crippen LogP contribution in [0.2, 0.25) is 0 Å². The molecule has 2 N–H and O–H groups in total. The minimum absolute atomic E-state index is 0.169. The highest BCUT2D eigenvalue weighted by molar-refractivity contribution is 5.78. The van der Waals surface area contributed by atoms with Crippen LogP contribution < -0.4 is 19.7 Å². The summed E-state index contributed by atoms with van der Waals surface area (Å²) in [5.41, 5.74) is 3.11. The van der Waals surface area contributed by atoms with Gasteiger partial charge < -0.3 is 29.2 Å². The predicted octanol–water partition coefficient (Wildman–Crippen LogP) is 2.94. The van der Waals surface area contributed by atoms with E-state index in [0.717, 1.165) is 16.8 Å². The van der Waals surface area contributed by atoms with Gasteiger partial charge in [-0.25, -0.2) is 0 Å². The molecule has 7 nitrogen and oxygen atoms in total. The van der Waals surface area contributed by atoms with Crippen LogP contribution in [0.15, 0.2) is 34.7 Å². The summed E-state index contributed by atoms with van der Waals surface area (Å²) >= 11 is 0. The average Bonchev–Trinajstić information content (AvgIpc) is 3.18. The maximum absolute atomic E-state index is 10.1. The van der Waals surface area contributed by atoms with Gasteiger partial charge in [0.1, 0.15) is 11.3 Å². The van der Waals surface area contributed by atoms with Crippen molar-refractivity contribution in [1.82, 2.24) is 4.98 Å². The molecular formula is C17H17N3O4. The van der Waals surface area contributed by atoms with Crippen molar-refractivity contribution in [2.75, 3.05) is 31.1 Å². The fraction of sp³-hybridized carbons (Fsp3) is 0.235. The van der Waals surface area contributed by atoms with Crippen LogP contribution in [0.25, 0.3) is 11.1 Å². The molecule has 24 heavy (non-hydrogen) atoms. The van der Waals surface area contributed by atoms with Crippen molar-refractivity contribution >= 4 is 22.8 Å². The molecule has 1 aromatic heterocycles. The largest absolute Gasteiger partial charge is 0.507 e. The SMILES string of the molecule is CN(C)c1nc2ccc(NCc3cc4c(cc3O)OCO4)cc2o1. The van der Waals surface area contributed by atoms with Gasteiger partial charge in [-0.1, -0.05) is 0 Å². The standard InChI is InChI=1S/C17H17N3O4/c1-20(2)17-19-12-4-3-11(6-14(12)24-17)18-8-10-5-15-16(7-13(10)21)23-9-22-15/h3-7,18,21H,8-9H2,1-2H3. The first-order chi connectivity index (χ1) is 11.6. The summed E-state index contributed by atoms with van der Waals surface area (Å²) in [5.74, 6) is 1.38. The number of fused-ring (bicyclic) bond motifs is 2. The molecule has 0 spiro atoms. The Hall–Kier alpha value is -3.09. The number of nitrogens with one attached hydrogen (secondary N) is 1. The zero-order chi connectivity index (χ0) is 16.7. The number of phenols is 1. The number of hydrogen-bond acceptors (Lipinski definition) is 7. The molecule has 0 aliphatic carbocycles. The zero-order valence-electron chi connectivity index (χ0n) is 13.4. The van der Waals surface area contributed by atoms with Gasteiger partial charge in [0.05, 0.1) is 0 Å². The summed E-state index contributed by atoms with van der Waals surface area (Å²) in [5, 5.41) is 13.3. The molecule has 3 aromatic rings. The molecule has 1 aliphatic heterocycles. The van der Waals surface area contributed by atoms with Gasteiger partial charge in [0.2, 0.25) is 6.79 Å². The van der Waals surface area contributed by atoms with Crippen molar-refractivity contribution in [2.45, 2.75) is 6.54 Å². The Labute approximate surface area is 138 Å². The number of anilines is 2. The topological polar surface area (TPSA) is 80.0 Å². The van der Waals surface area contributed by atoms with E-state index in [2.05, 4.69) is 10.3 Å². The summed E-state index contributed by atoms with van der Waals surface area (Å²) in [6.07, 6.45) is 0. The van der Waals surface area contributed by atoms with E-state index in [1.54, 1.807) is 12.1 Å². The van der Waals surface area contributed by atoms with Crippen LogP contribution in [-0.2, 0) is 6.54 Å². The highest BCUT2D eigenvalue weighted by atomic mass is 16.7. The molecule has 0 saturated heterocycles. The molecule has 0 radical (unpaired) electrons. The molecule has 0 saturated carbocycles. The minimum atomic E-state index is 0.169. The predicted molar refractivity (Wildman–Crippen MR) is 89.9 cm³/mol. The lowest BCUT2D eigenvalue weighted by Gasteiger charge is -2.09. The highest BCUT2D eigenvalue weighted by Gasteiger charge is 2.17. The lowest BCUT2D eigenvalue weighted by atomic mass is 10.1. The molecule has 7 heteroatoms. The second kappa shape index (κ2) is 5.52. The summed E-state index contributed by atoms with van der Waals surface area (Å²) < 4.78 is 16.3. The quantitative estimate of drug-likeness (QED) is 0.762. The Kier molecular flexibility index (Phi) is 3.34. The molecule has 124 valence electrons.